The number of nitrogens with zero attached hydrogens (tertiary/aromatic N) is 2. The summed E-state index contributed by atoms with van der Waals surface area (Å²) in [6.45, 7) is 4.44. The first-order valence-electron chi connectivity index (χ1n) is 6.66. The highest BCUT2D eigenvalue weighted by Gasteiger charge is 2.14. The molecule has 3 nitrogen and oxygen atoms in total. The molecule has 0 aliphatic carbocycles. The minimum atomic E-state index is 0.0480. The van der Waals surface area contributed by atoms with Crippen molar-refractivity contribution in [1.29, 1.82) is 5.26 Å². The van der Waals surface area contributed by atoms with Crippen molar-refractivity contribution < 1.29 is 9.36 Å². The largest absolute Gasteiger partial charge is 0.287 e. The summed E-state index contributed by atoms with van der Waals surface area (Å²) < 4.78 is 1.94. The van der Waals surface area contributed by atoms with Gasteiger partial charge in [-0.2, -0.15) is 9.83 Å². The smallest absolute Gasteiger partial charge is 0.227 e. The van der Waals surface area contributed by atoms with Crippen LogP contribution in [0, 0.1) is 18.3 Å². The van der Waals surface area contributed by atoms with E-state index in [0.29, 0.717) is 17.7 Å². The van der Waals surface area contributed by atoms with Gasteiger partial charge in [-0.05, 0) is 36.2 Å². The molecule has 0 amide bonds. The number of carbonyl (C=O) groups excluding carboxylic acids is 1. The van der Waals surface area contributed by atoms with Crippen LogP contribution < -0.4 is 4.57 Å². The number of pyridine rings is 1. The lowest BCUT2D eigenvalue weighted by molar-refractivity contribution is -0.689. The highest BCUT2D eigenvalue weighted by Crippen LogP contribution is 2.05. The zero-order chi connectivity index (χ0) is 14.5. The van der Waals surface area contributed by atoms with Crippen LogP contribution in [0.25, 0.3) is 0 Å². The molecular formula is C17H17N2O+. The molecular weight excluding hydrogens is 248 g/mol. The molecule has 0 bridgehead atoms. The van der Waals surface area contributed by atoms with E-state index >= 15 is 0 Å². The lowest BCUT2D eigenvalue weighted by atomic mass is 10.1. The Labute approximate surface area is 119 Å². The summed E-state index contributed by atoms with van der Waals surface area (Å²) in [6, 6.07) is 12.9. The Kier molecular flexibility index (Phi) is 4.27. The van der Waals surface area contributed by atoms with Crippen LogP contribution in [0.3, 0.4) is 0 Å². The zero-order valence-corrected chi connectivity index (χ0v) is 11.8. The fraction of sp³-hybridized carbons (Fsp3) is 0.235. The van der Waals surface area contributed by atoms with E-state index in [1.165, 1.54) is 5.56 Å². The lowest BCUT2D eigenvalue weighted by Crippen LogP contribution is -2.40. The average molecular weight is 265 g/mol. The van der Waals surface area contributed by atoms with Gasteiger partial charge in [0.05, 0.1) is 11.6 Å². The Hall–Kier alpha value is -2.47. The summed E-state index contributed by atoms with van der Waals surface area (Å²) in [4.78, 5) is 12.2. The van der Waals surface area contributed by atoms with Gasteiger partial charge >= 0.3 is 0 Å². The van der Waals surface area contributed by atoms with Crippen molar-refractivity contribution in [1.82, 2.24) is 0 Å². The van der Waals surface area contributed by atoms with Crippen molar-refractivity contribution in [3.8, 4) is 6.07 Å². The Morgan fingerprint density at radius 3 is 2.50 bits per heavy atom. The first-order chi connectivity index (χ1) is 9.63. The molecule has 0 saturated carbocycles. The van der Waals surface area contributed by atoms with E-state index < -0.39 is 0 Å². The Balaban J connectivity index is 2.17. The molecule has 2 rings (SSSR count). The molecule has 20 heavy (non-hydrogen) atoms. The summed E-state index contributed by atoms with van der Waals surface area (Å²) in [5, 5.41) is 8.75. The van der Waals surface area contributed by atoms with Crippen molar-refractivity contribution in [3.05, 3.63) is 65.0 Å². The molecule has 100 valence electrons. The van der Waals surface area contributed by atoms with Crippen molar-refractivity contribution in [2.24, 2.45) is 0 Å². The minimum absolute atomic E-state index is 0.0480. The maximum Gasteiger partial charge on any atom is 0.227 e. The van der Waals surface area contributed by atoms with Gasteiger partial charge in [-0.1, -0.05) is 6.92 Å². The molecule has 0 radical (unpaired) electrons. The highest BCUT2D eigenvalue weighted by atomic mass is 16.1. The van der Waals surface area contributed by atoms with Crippen LogP contribution >= 0.6 is 0 Å². The first kappa shape index (κ1) is 14.0. The second-order valence-corrected chi connectivity index (χ2v) is 4.77. The molecule has 3 heteroatoms. The normalized spacial score (nSPS) is 10.1. The van der Waals surface area contributed by atoms with Crippen LogP contribution in [0.1, 0.15) is 34.1 Å². The standard InChI is InChI=1S/C17H17N2O/c1-3-14-8-9-19(13(2)10-14)12-17(20)16-6-4-15(11-18)5-7-16/h4-10H,3,12H2,1-2H3/q+1. The van der Waals surface area contributed by atoms with Gasteiger partial charge in [-0.25, -0.2) is 0 Å². The van der Waals surface area contributed by atoms with Crippen molar-refractivity contribution >= 4 is 5.78 Å². The van der Waals surface area contributed by atoms with E-state index in [9.17, 15) is 4.79 Å². The molecule has 1 aromatic carbocycles. The van der Waals surface area contributed by atoms with E-state index in [1.807, 2.05) is 29.8 Å². The molecule has 2 aromatic rings. The number of carbonyl (C=O) groups is 1. The van der Waals surface area contributed by atoms with Gasteiger partial charge < -0.3 is 0 Å². The molecule has 0 N–H and O–H groups in total. The molecule has 1 aromatic heterocycles. The van der Waals surface area contributed by atoms with E-state index in [4.69, 9.17) is 5.26 Å². The quantitative estimate of drug-likeness (QED) is 0.630. The predicted octanol–water partition coefficient (Wildman–Crippen LogP) is 2.60. The highest BCUT2D eigenvalue weighted by molar-refractivity contribution is 5.95. The van der Waals surface area contributed by atoms with Crippen LogP contribution in [-0.4, -0.2) is 5.78 Å². The molecule has 0 saturated heterocycles. The Morgan fingerprint density at radius 2 is 1.95 bits per heavy atom. The van der Waals surface area contributed by atoms with Crippen LogP contribution in [0.5, 0.6) is 0 Å². The van der Waals surface area contributed by atoms with Gasteiger partial charge in [0.1, 0.15) is 0 Å². The van der Waals surface area contributed by atoms with Crippen molar-refractivity contribution in [3.63, 3.8) is 0 Å². The van der Waals surface area contributed by atoms with Crippen molar-refractivity contribution in [2.45, 2.75) is 26.8 Å². The van der Waals surface area contributed by atoms with E-state index in [1.54, 1.807) is 24.3 Å². The first-order valence-corrected chi connectivity index (χ1v) is 6.66. The summed E-state index contributed by atoms with van der Waals surface area (Å²) in [5.74, 6) is 0.0480. The number of ketones is 1. The third-order valence-electron chi connectivity index (χ3n) is 3.37. The van der Waals surface area contributed by atoms with E-state index in [2.05, 4.69) is 13.0 Å². The van der Waals surface area contributed by atoms with E-state index in [0.717, 1.165) is 12.1 Å². The predicted molar refractivity (Wildman–Crippen MR) is 76.2 cm³/mol. The Bertz CT molecular complexity index is 666. The molecule has 0 aliphatic heterocycles. The second-order valence-electron chi connectivity index (χ2n) is 4.77. The number of aromatic nitrogens is 1. The minimum Gasteiger partial charge on any atom is -0.287 e. The topological polar surface area (TPSA) is 44.7 Å². The molecule has 1 heterocycles. The fourth-order valence-electron chi connectivity index (χ4n) is 2.08. The number of hydrogen-bond donors (Lipinski definition) is 0. The number of Topliss-reactive ketones (excluding diaryl/α,β-unsaturated/α-hetero) is 1. The van der Waals surface area contributed by atoms with Gasteiger partial charge in [0.15, 0.2) is 11.9 Å². The van der Waals surface area contributed by atoms with Gasteiger partial charge in [-0.3, -0.25) is 4.79 Å². The summed E-state index contributed by atoms with van der Waals surface area (Å²) in [5.41, 5.74) is 3.55. The molecule has 0 aliphatic rings. The number of aryl methyl sites for hydroxylation is 2. The number of hydrogen-bond acceptors (Lipinski definition) is 2. The van der Waals surface area contributed by atoms with Gasteiger partial charge in [-0.15, -0.1) is 0 Å². The molecule has 0 atom stereocenters. The number of benzene rings is 1. The van der Waals surface area contributed by atoms with Crippen LogP contribution in [0.15, 0.2) is 42.6 Å². The third-order valence-corrected chi connectivity index (χ3v) is 3.37. The maximum atomic E-state index is 12.2. The monoisotopic (exact) mass is 265 g/mol. The lowest BCUT2D eigenvalue weighted by Gasteiger charge is -2.02. The van der Waals surface area contributed by atoms with Crippen LogP contribution in [0.4, 0.5) is 0 Å². The molecule has 0 unspecified atom stereocenters. The summed E-state index contributed by atoms with van der Waals surface area (Å²) in [7, 11) is 0. The summed E-state index contributed by atoms with van der Waals surface area (Å²) >= 11 is 0. The zero-order valence-electron chi connectivity index (χ0n) is 11.8. The Morgan fingerprint density at radius 1 is 1.25 bits per heavy atom. The average Bonchev–Trinajstić information content (AvgIpc) is 2.49. The van der Waals surface area contributed by atoms with Gasteiger partial charge in [0.2, 0.25) is 12.3 Å². The SMILES string of the molecule is CCc1cc[n+](CC(=O)c2ccc(C#N)cc2)c(C)c1. The number of rotatable bonds is 4. The number of nitriles is 1. The molecule has 0 fully saturated rings. The van der Waals surface area contributed by atoms with Gasteiger partial charge in [0.25, 0.3) is 0 Å². The van der Waals surface area contributed by atoms with Gasteiger partial charge in [0, 0.05) is 24.6 Å². The third kappa shape index (κ3) is 3.10. The fourth-order valence-corrected chi connectivity index (χ4v) is 2.08. The summed E-state index contributed by atoms with van der Waals surface area (Å²) in [6.07, 6.45) is 2.95. The molecule has 0 spiro atoms. The van der Waals surface area contributed by atoms with Crippen LogP contribution in [0.2, 0.25) is 0 Å². The second kappa shape index (κ2) is 6.12. The van der Waals surface area contributed by atoms with E-state index in [-0.39, 0.29) is 5.78 Å². The maximum absolute atomic E-state index is 12.2. The van der Waals surface area contributed by atoms with Crippen molar-refractivity contribution in [2.75, 3.05) is 0 Å². The van der Waals surface area contributed by atoms with Crippen LogP contribution in [-0.2, 0) is 13.0 Å².